The molecule has 0 bridgehead atoms. The Kier molecular flexibility index (Phi) is 4.16. The maximum absolute atomic E-state index is 13.7. The van der Waals surface area contributed by atoms with E-state index in [0.717, 1.165) is 11.0 Å². The molecule has 1 aliphatic heterocycles. The van der Waals surface area contributed by atoms with Gasteiger partial charge in [0, 0.05) is 13.1 Å². The van der Waals surface area contributed by atoms with E-state index in [9.17, 15) is 22.4 Å². The van der Waals surface area contributed by atoms with Crippen LogP contribution in [0.5, 0.6) is 0 Å². The van der Waals surface area contributed by atoms with Crippen molar-refractivity contribution in [1.29, 1.82) is 0 Å². The van der Waals surface area contributed by atoms with Crippen LogP contribution in [-0.2, 0) is 10.0 Å². The minimum atomic E-state index is -3.74. The molecule has 2 aromatic rings. The average Bonchev–Trinajstić information content (AvgIpc) is 2.81. The monoisotopic (exact) mass is 348 g/mol. The van der Waals surface area contributed by atoms with Gasteiger partial charge in [0.1, 0.15) is 5.82 Å². The van der Waals surface area contributed by atoms with E-state index in [0.29, 0.717) is 0 Å². The van der Waals surface area contributed by atoms with Crippen molar-refractivity contribution in [2.24, 2.45) is 0 Å². The van der Waals surface area contributed by atoms with Gasteiger partial charge in [-0.1, -0.05) is 24.3 Å². The SMILES string of the molecule is O=C1c2cccc(F)c2C(=O)N1CCNS(=O)(=O)c1ccccc1. The van der Waals surface area contributed by atoms with Crippen molar-refractivity contribution >= 4 is 21.8 Å². The van der Waals surface area contributed by atoms with Crippen LogP contribution >= 0.6 is 0 Å². The molecule has 24 heavy (non-hydrogen) atoms. The quantitative estimate of drug-likeness (QED) is 0.828. The zero-order chi connectivity index (χ0) is 17.3. The fourth-order valence-electron chi connectivity index (χ4n) is 2.47. The molecule has 6 nitrogen and oxygen atoms in total. The topological polar surface area (TPSA) is 83.6 Å². The lowest BCUT2D eigenvalue weighted by atomic mass is 10.1. The molecule has 0 unspecified atom stereocenters. The van der Waals surface area contributed by atoms with Crippen LogP contribution in [-0.4, -0.2) is 38.2 Å². The van der Waals surface area contributed by atoms with E-state index in [2.05, 4.69) is 4.72 Å². The predicted molar refractivity (Wildman–Crippen MR) is 83.4 cm³/mol. The van der Waals surface area contributed by atoms with Crippen molar-refractivity contribution in [3.8, 4) is 0 Å². The fourth-order valence-corrected chi connectivity index (χ4v) is 3.51. The molecule has 2 aromatic carbocycles. The second-order valence-electron chi connectivity index (χ2n) is 5.14. The second kappa shape index (κ2) is 6.14. The number of nitrogens with zero attached hydrogens (tertiary/aromatic N) is 1. The summed E-state index contributed by atoms with van der Waals surface area (Å²) < 4.78 is 40.2. The van der Waals surface area contributed by atoms with E-state index in [1.54, 1.807) is 18.2 Å². The Labute approximate surface area is 138 Å². The number of hydrogen-bond donors (Lipinski definition) is 1. The van der Waals surface area contributed by atoms with Gasteiger partial charge in [-0.25, -0.2) is 17.5 Å². The smallest absolute Gasteiger partial charge is 0.264 e. The Morgan fingerprint density at radius 1 is 0.958 bits per heavy atom. The number of imide groups is 1. The van der Waals surface area contributed by atoms with Crippen LogP contribution in [0.15, 0.2) is 53.4 Å². The molecule has 8 heteroatoms. The zero-order valence-electron chi connectivity index (χ0n) is 12.4. The Hall–Kier alpha value is -2.58. The zero-order valence-corrected chi connectivity index (χ0v) is 13.2. The van der Waals surface area contributed by atoms with Crippen LogP contribution in [0.25, 0.3) is 0 Å². The summed E-state index contributed by atoms with van der Waals surface area (Å²) in [5.74, 6) is -2.15. The second-order valence-corrected chi connectivity index (χ2v) is 6.90. The van der Waals surface area contributed by atoms with Gasteiger partial charge in [0.25, 0.3) is 11.8 Å². The third-order valence-corrected chi connectivity index (χ3v) is 5.11. The number of nitrogens with one attached hydrogen (secondary N) is 1. The van der Waals surface area contributed by atoms with Crippen molar-refractivity contribution in [2.45, 2.75) is 4.90 Å². The van der Waals surface area contributed by atoms with Gasteiger partial charge < -0.3 is 0 Å². The van der Waals surface area contributed by atoms with Crippen LogP contribution in [0.4, 0.5) is 4.39 Å². The van der Waals surface area contributed by atoms with E-state index >= 15 is 0 Å². The largest absolute Gasteiger partial charge is 0.273 e. The first-order valence-corrected chi connectivity index (χ1v) is 8.59. The molecular formula is C16H13FN2O4S. The van der Waals surface area contributed by atoms with Crippen LogP contribution in [0.3, 0.4) is 0 Å². The lowest BCUT2D eigenvalue weighted by molar-refractivity contribution is 0.0656. The molecule has 1 heterocycles. The highest BCUT2D eigenvalue weighted by atomic mass is 32.2. The molecule has 0 spiro atoms. The molecule has 0 radical (unpaired) electrons. The number of carbonyl (C=O) groups is 2. The van der Waals surface area contributed by atoms with E-state index in [1.807, 2.05) is 0 Å². The summed E-state index contributed by atoms with van der Waals surface area (Å²) in [6.45, 7) is -0.345. The van der Waals surface area contributed by atoms with Gasteiger partial charge in [-0.2, -0.15) is 0 Å². The lowest BCUT2D eigenvalue weighted by Crippen LogP contribution is -2.38. The molecule has 0 fully saturated rings. The van der Waals surface area contributed by atoms with Gasteiger partial charge in [0.2, 0.25) is 10.0 Å². The minimum Gasteiger partial charge on any atom is -0.273 e. The molecule has 1 N–H and O–H groups in total. The number of hydrogen-bond acceptors (Lipinski definition) is 4. The van der Waals surface area contributed by atoms with Crippen molar-refractivity contribution in [3.63, 3.8) is 0 Å². The molecular weight excluding hydrogens is 335 g/mol. The summed E-state index contributed by atoms with van der Waals surface area (Å²) in [5.41, 5.74) is -0.278. The number of halogens is 1. The predicted octanol–water partition coefficient (Wildman–Crippen LogP) is 1.40. The summed E-state index contributed by atoms with van der Waals surface area (Å²) in [4.78, 5) is 25.2. The fraction of sp³-hybridized carbons (Fsp3) is 0.125. The number of amides is 2. The molecule has 124 valence electrons. The van der Waals surface area contributed by atoms with Gasteiger partial charge in [0.15, 0.2) is 0 Å². The van der Waals surface area contributed by atoms with Crippen LogP contribution in [0.2, 0.25) is 0 Å². The summed E-state index contributed by atoms with van der Waals surface area (Å²) in [6, 6.07) is 11.5. The maximum Gasteiger partial charge on any atom is 0.264 e. The van der Waals surface area contributed by atoms with E-state index in [1.165, 1.54) is 24.3 Å². The van der Waals surface area contributed by atoms with Gasteiger partial charge in [-0.15, -0.1) is 0 Å². The molecule has 0 atom stereocenters. The first-order valence-electron chi connectivity index (χ1n) is 7.11. The first kappa shape index (κ1) is 16.3. The number of fused-ring (bicyclic) bond motifs is 1. The number of sulfonamides is 1. The first-order chi connectivity index (χ1) is 11.4. The van der Waals surface area contributed by atoms with Gasteiger partial charge in [0.05, 0.1) is 16.0 Å². The standard InChI is InChI=1S/C16H13FN2O4S/c17-13-8-4-7-12-14(13)16(21)19(15(12)20)10-9-18-24(22,23)11-5-2-1-3-6-11/h1-8,18H,9-10H2. The Bertz CT molecular complexity index is 913. The Balaban J connectivity index is 1.70. The number of carbonyl (C=O) groups excluding carboxylic acids is 2. The average molecular weight is 348 g/mol. The van der Waals surface area contributed by atoms with Crippen LogP contribution in [0.1, 0.15) is 20.7 Å². The third-order valence-electron chi connectivity index (χ3n) is 3.63. The highest BCUT2D eigenvalue weighted by molar-refractivity contribution is 7.89. The van der Waals surface area contributed by atoms with Gasteiger partial charge in [-0.05, 0) is 24.3 Å². The van der Waals surface area contributed by atoms with E-state index in [4.69, 9.17) is 0 Å². The van der Waals surface area contributed by atoms with Crippen molar-refractivity contribution in [3.05, 3.63) is 65.5 Å². The van der Waals surface area contributed by atoms with Gasteiger partial charge in [-0.3, -0.25) is 14.5 Å². The van der Waals surface area contributed by atoms with Gasteiger partial charge >= 0.3 is 0 Å². The Morgan fingerprint density at radius 2 is 1.67 bits per heavy atom. The van der Waals surface area contributed by atoms with Crippen LogP contribution < -0.4 is 4.72 Å². The Morgan fingerprint density at radius 3 is 2.33 bits per heavy atom. The highest BCUT2D eigenvalue weighted by Crippen LogP contribution is 2.24. The van der Waals surface area contributed by atoms with Crippen molar-refractivity contribution in [2.75, 3.05) is 13.1 Å². The summed E-state index contributed by atoms with van der Waals surface area (Å²) in [6.07, 6.45) is 0. The highest BCUT2D eigenvalue weighted by Gasteiger charge is 2.37. The summed E-state index contributed by atoms with van der Waals surface area (Å²) in [5, 5.41) is 0. The van der Waals surface area contributed by atoms with Crippen molar-refractivity contribution in [1.82, 2.24) is 9.62 Å². The summed E-state index contributed by atoms with van der Waals surface area (Å²) in [7, 11) is -3.74. The van der Waals surface area contributed by atoms with Crippen LogP contribution in [0, 0.1) is 5.82 Å². The molecule has 3 rings (SSSR count). The summed E-state index contributed by atoms with van der Waals surface area (Å²) >= 11 is 0. The molecule has 0 saturated carbocycles. The molecule has 0 saturated heterocycles. The minimum absolute atomic E-state index is 0.00841. The van der Waals surface area contributed by atoms with E-state index < -0.39 is 27.7 Å². The van der Waals surface area contributed by atoms with Crippen molar-refractivity contribution < 1.29 is 22.4 Å². The maximum atomic E-state index is 13.7. The van der Waals surface area contributed by atoms with E-state index in [-0.39, 0.29) is 29.1 Å². The number of benzene rings is 2. The normalized spacial score (nSPS) is 14.1. The molecule has 2 amide bonds. The molecule has 0 aromatic heterocycles. The molecule has 0 aliphatic carbocycles. The third kappa shape index (κ3) is 2.81. The lowest BCUT2D eigenvalue weighted by Gasteiger charge is -2.14. The molecule has 1 aliphatic rings. The number of rotatable bonds is 5.